The molecule has 7 aromatic carbocycles. The van der Waals surface area contributed by atoms with E-state index in [0.29, 0.717) is 0 Å². The Morgan fingerprint density at radius 2 is 0.794 bits per heavy atom. The Labute approximate surface area is 198 Å². The van der Waals surface area contributed by atoms with E-state index in [1.807, 2.05) is 0 Å². The molecule has 0 nitrogen and oxygen atoms in total. The highest BCUT2D eigenvalue weighted by Gasteiger charge is 2.17. The van der Waals surface area contributed by atoms with E-state index < -0.39 is 0 Å². The van der Waals surface area contributed by atoms with Crippen molar-refractivity contribution in [1.82, 2.24) is 0 Å². The Hall–Kier alpha value is -4.42. The van der Waals surface area contributed by atoms with Crippen LogP contribution in [-0.4, -0.2) is 0 Å². The van der Waals surface area contributed by atoms with E-state index in [2.05, 4.69) is 133 Å². The second-order valence-corrected chi connectivity index (χ2v) is 8.89. The van der Waals surface area contributed by atoms with Crippen molar-refractivity contribution in [3.63, 3.8) is 0 Å². The molecule has 0 saturated carbocycles. The van der Waals surface area contributed by atoms with Gasteiger partial charge in [-0.3, -0.25) is 0 Å². The van der Waals surface area contributed by atoms with E-state index in [1.54, 1.807) is 0 Å². The van der Waals surface area contributed by atoms with Gasteiger partial charge in [0, 0.05) is 0 Å². The fraction of sp³-hybridized carbons (Fsp3) is 0. The van der Waals surface area contributed by atoms with Crippen LogP contribution in [0, 0.1) is 0 Å². The number of fused-ring (bicyclic) bond motifs is 5. The minimum atomic E-state index is 1.25. The lowest BCUT2D eigenvalue weighted by molar-refractivity contribution is 1.66. The van der Waals surface area contributed by atoms with Crippen molar-refractivity contribution in [2.75, 3.05) is 0 Å². The lowest BCUT2D eigenvalue weighted by atomic mass is 9.84. The maximum absolute atomic E-state index is 2.29. The summed E-state index contributed by atoms with van der Waals surface area (Å²) in [6.45, 7) is 0. The van der Waals surface area contributed by atoms with Gasteiger partial charge in [0.1, 0.15) is 0 Å². The molecule has 0 aliphatic carbocycles. The van der Waals surface area contributed by atoms with Crippen LogP contribution in [0.25, 0.3) is 65.3 Å². The fourth-order valence-electron chi connectivity index (χ4n) is 5.59. The second kappa shape index (κ2) is 7.57. The zero-order chi connectivity index (χ0) is 22.5. The highest BCUT2D eigenvalue weighted by molar-refractivity contribution is 6.24. The molecule has 0 unspecified atom stereocenters. The summed E-state index contributed by atoms with van der Waals surface area (Å²) in [4.78, 5) is 0. The molecule has 0 heterocycles. The van der Waals surface area contributed by atoms with E-state index in [0.717, 1.165) is 0 Å². The molecule has 7 aromatic rings. The first-order valence-corrected chi connectivity index (χ1v) is 11.8. The van der Waals surface area contributed by atoms with E-state index in [9.17, 15) is 0 Å². The predicted molar refractivity (Wildman–Crippen MR) is 147 cm³/mol. The van der Waals surface area contributed by atoms with Crippen LogP contribution in [0.2, 0.25) is 0 Å². The Kier molecular flexibility index (Phi) is 4.25. The van der Waals surface area contributed by atoms with Crippen LogP contribution in [0.1, 0.15) is 0 Å². The average Bonchev–Trinajstić information content (AvgIpc) is 2.92. The number of hydrogen-bond acceptors (Lipinski definition) is 0. The average molecular weight is 431 g/mol. The Bertz CT molecular complexity index is 1790. The van der Waals surface area contributed by atoms with E-state index in [-0.39, 0.29) is 0 Å². The molecular weight excluding hydrogens is 408 g/mol. The highest BCUT2D eigenvalue weighted by atomic mass is 14.2. The maximum atomic E-state index is 2.29. The predicted octanol–water partition coefficient (Wildman–Crippen LogP) is 9.63. The van der Waals surface area contributed by atoms with Crippen molar-refractivity contribution < 1.29 is 0 Å². The zero-order valence-corrected chi connectivity index (χ0v) is 18.7. The van der Waals surface area contributed by atoms with Gasteiger partial charge >= 0.3 is 0 Å². The van der Waals surface area contributed by atoms with E-state index >= 15 is 0 Å². The van der Waals surface area contributed by atoms with Gasteiger partial charge in [-0.2, -0.15) is 0 Å². The van der Waals surface area contributed by atoms with Gasteiger partial charge in [-0.1, -0.05) is 133 Å². The molecule has 0 bridgehead atoms. The van der Waals surface area contributed by atoms with Crippen molar-refractivity contribution in [3.05, 3.63) is 133 Å². The van der Waals surface area contributed by atoms with Gasteiger partial charge < -0.3 is 0 Å². The molecule has 0 radical (unpaired) electrons. The quantitative estimate of drug-likeness (QED) is 0.189. The summed E-state index contributed by atoms with van der Waals surface area (Å²) >= 11 is 0. The summed E-state index contributed by atoms with van der Waals surface area (Å²) < 4.78 is 0. The molecule has 0 N–H and O–H groups in total. The molecule has 0 atom stereocenters. The molecular formula is C34H22. The molecule has 0 aliphatic heterocycles. The van der Waals surface area contributed by atoms with Gasteiger partial charge in [0.05, 0.1) is 0 Å². The molecule has 0 saturated heterocycles. The largest absolute Gasteiger partial charge is 0.0622 e. The summed E-state index contributed by atoms with van der Waals surface area (Å²) in [6, 6.07) is 48.5. The van der Waals surface area contributed by atoms with Crippen molar-refractivity contribution in [3.8, 4) is 22.3 Å². The molecule has 158 valence electrons. The van der Waals surface area contributed by atoms with Gasteiger partial charge in [0.15, 0.2) is 0 Å². The van der Waals surface area contributed by atoms with Crippen molar-refractivity contribution in [1.29, 1.82) is 0 Å². The lowest BCUT2D eigenvalue weighted by Crippen LogP contribution is -1.91. The standard InChI is InChI=1S/C34H22/c1-2-12-24(13-3-1)33-29-15-6-8-17-31(29)34(32-18-9-7-16-30(32)33)28-20-10-19-26-25-14-5-4-11-23(25)21-22-27(26)28/h1-22H. The molecule has 0 fully saturated rings. The Morgan fingerprint density at radius 3 is 1.47 bits per heavy atom. The summed E-state index contributed by atoms with van der Waals surface area (Å²) in [7, 11) is 0. The first-order valence-electron chi connectivity index (χ1n) is 11.8. The summed E-state index contributed by atoms with van der Waals surface area (Å²) in [6.07, 6.45) is 0. The van der Waals surface area contributed by atoms with Crippen LogP contribution >= 0.6 is 0 Å². The summed E-state index contributed by atoms with van der Waals surface area (Å²) in [5.41, 5.74) is 5.16. The molecule has 0 aromatic heterocycles. The van der Waals surface area contributed by atoms with Crippen LogP contribution in [0.3, 0.4) is 0 Å². The van der Waals surface area contributed by atoms with Crippen molar-refractivity contribution in [2.45, 2.75) is 0 Å². The van der Waals surface area contributed by atoms with E-state index in [1.165, 1.54) is 65.3 Å². The molecule has 0 heteroatoms. The normalized spacial score (nSPS) is 11.5. The van der Waals surface area contributed by atoms with Gasteiger partial charge in [-0.15, -0.1) is 0 Å². The minimum Gasteiger partial charge on any atom is -0.0622 e. The Balaban J connectivity index is 1.68. The highest BCUT2D eigenvalue weighted by Crippen LogP contribution is 2.45. The van der Waals surface area contributed by atoms with Crippen LogP contribution < -0.4 is 0 Å². The number of benzene rings is 7. The van der Waals surface area contributed by atoms with Crippen LogP contribution in [0.5, 0.6) is 0 Å². The minimum absolute atomic E-state index is 1.25. The fourth-order valence-corrected chi connectivity index (χ4v) is 5.59. The van der Waals surface area contributed by atoms with Crippen LogP contribution in [0.15, 0.2) is 133 Å². The van der Waals surface area contributed by atoms with Crippen LogP contribution in [-0.2, 0) is 0 Å². The topological polar surface area (TPSA) is 0 Å². The lowest BCUT2D eigenvalue weighted by Gasteiger charge is -2.19. The summed E-state index contributed by atoms with van der Waals surface area (Å²) in [5.74, 6) is 0. The van der Waals surface area contributed by atoms with E-state index in [4.69, 9.17) is 0 Å². The first-order chi connectivity index (χ1) is 16.9. The second-order valence-electron chi connectivity index (χ2n) is 8.89. The van der Waals surface area contributed by atoms with Crippen LogP contribution in [0.4, 0.5) is 0 Å². The number of rotatable bonds is 2. The molecule has 34 heavy (non-hydrogen) atoms. The third-order valence-corrected chi connectivity index (χ3v) is 7.05. The SMILES string of the molecule is c1ccc(-c2c3ccccc3c(-c3cccc4c3ccc3ccccc34)c3ccccc23)cc1. The first kappa shape index (κ1) is 19.1. The molecule has 0 spiro atoms. The van der Waals surface area contributed by atoms with Gasteiger partial charge in [-0.05, 0) is 65.3 Å². The third-order valence-electron chi connectivity index (χ3n) is 7.05. The third kappa shape index (κ3) is 2.79. The van der Waals surface area contributed by atoms with Crippen molar-refractivity contribution in [2.24, 2.45) is 0 Å². The monoisotopic (exact) mass is 430 g/mol. The molecule has 7 rings (SSSR count). The van der Waals surface area contributed by atoms with Gasteiger partial charge in [-0.25, -0.2) is 0 Å². The Morgan fingerprint density at radius 1 is 0.265 bits per heavy atom. The smallest absolute Gasteiger partial charge is 0.00201 e. The molecule has 0 amide bonds. The zero-order valence-electron chi connectivity index (χ0n) is 18.7. The molecule has 0 aliphatic rings. The van der Waals surface area contributed by atoms with Gasteiger partial charge in [0.25, 0.3) is 0 Å². The maximum Gasteiger partial charge on any atom is -0.00201 e. The van der Waals surface area contributed by atoms with Gasteiger partial charge in [0.2, 0.25) is 0 Å². The number of hydrogen-bond donors (Lipinski definition) is 0. The van der Waals surface area contributed by atoms with Crippen molar-refractivity contribution >= 4 is 43.1 Å². The summed E-state index contributed by atoms with van der Waals surface area (Å²) in [5, 5.41) is 10.3.